The van der Waals surface area contributed by atoms with E-state index in [0.717, 1.165) is 60.4 Å². The summed E-state index contributed by atoms with van der Waals surface area (Å²) in [7, 11) is 0. The number of nitrogens with zero attached hydrogens (tertiary/aromatic N) is 2. The number of unbranched alkanes of at least 4 members (excludes halogenated alkanes) is 2. The largest absolute Gasteiger partial charge is 0.619 e. The maximum Gasteiger partial charge on any atom is 0.317 e. The maximum atomic E-state index is 13.0. The minimum absolute atomic E-state index is 0.117. The number of hydrogen-bond donors (Lipinski definition) is 1. The van der Waals surface area contributed by atoms with Crippen LogP contribution in [0.5, 0.6) is 0 Å². The Morgan fingerprint density at radius 1 is 1.06 bits per heavy atom. The van der Waals surface area contributed by atoms with Crippen molar-refractivity contribution < 1.29 is 9.52 Å². The van der Waals surface area contributed by atoms with Gasteiger partial charge in [-0.25, -0.2) is 4.79 Å². The van der Waals surface area contributed by atoms with Crippen molar-refractivity contribution in [1.82, 2.24) is 10.2 Å². The van der Waals surface area contributed by atoms with Gasteiger partial charge in [-0.15, -0.1) is 0 Å². The van der Waals surface area contributed by atoms with E-state index < -0.39 is 0 Å². The molecule has 31 heavy (non-hydrogen) atoms. The Morgan fingerprint density at radius 2 is 1.71 bits per heavy atom. The number of urea groups is 1. The minimum Gasteiger partial charge on any atom is -0.619 e. The second-order valence-corrected chi connectivity index (χ2v) is 10.8. The molecular formula is C26H41N3O2. The van der Waals surface area contributed by atoms with E-state index in [2.05, 4.69) is 17.1 Å². The van der Waals surface area contributed by atoms with E-state index in [1.807, 2.05) is 12.1 Å². The number of hydrogen-bond acceptors (Lipinski definition) is 2. The fourth-order valence-electron chi connectivity index (χ4n) is 7.05. The third-order valence-corrected chi connectivity index (χ3v) is 8.19. The zero-order chi connectivity index (χ0) is 21.7. The maximum absolute atomic E-state index is 13.0. The SMILES string of the molecule is CCCCCN(CCC12CC3CC(CC(C3)C1)C2)C(=O)NCCCc1cc[n+]([O-])cc1. The fourth-order valence-corrected chi connectivity index (χ4v) is 7.05. The second kappa shape index (κ2) is 10.2. The highest BCUT2D eigenvalue weighted by Crippen LogP contribution is 2.61. The van der Waals surface area contributed by atoms with Crippen LogP contribution >= 0.6 is 0 Å². The van der Waals surface area contributed by atoms with E-state index in [4.69, 9.17) is 0 Å². The van der Waals surface area contributed by atoms with Gasteiger partial charge >= 0.3 is 6.03 Å². The first kappa shape index (κ1) is 22.4. The molecular weight excluding hydrogens is 386 g/mol. The van der Waals surface area contributed by atoms with Gasteiger partial charge in [-0.05, 0) is 92.9 Å². The van der Waals surface area contributed by atoms with Crippen molar-refractivity contribution in [2.45, 2.75) is 84.0 Å². The highest BCUT2D eigenvalue weighted by molar-refractivity contribution is 5.74. The summed E-state index contributed by atoms with van der Waals surface area (Å²) < 4.78 is 0.809. The lowest BCUT2D eigenvalue weighted by atomic mass is 9.49. The lowest BCUT2D eigenvalue weighted by molar-refractivity contribution is -0.605. The highest BCUT2D eigenvalue weighted by atomic mass is 16.5. The van der Waals surface area contributed by atoms with Crippen LogP contribution in [0.2, 0.25) is 0 Å². The topological polar surface area (TPSA) is 59.3 Å². The van der Waals surface area contributed by atoms with Crippen LogP contribution < -0.4 is 10.0 Å². The molecule has 1 heterocycles. The Kier molecular flexibility index (Phi) is 7.39. The molecule has 4 aliphatic rings. The van der Waals surface area contributed by atoms with Gasteiger partial charge in [-0.2, -0.15) is 4.73 Å². The number of carbonyl (C=O) groups excluding carboxylic acids is 1. The molecule has 1 N–H and O–H groups in total. The lowest BCUT2D eigenvalue weighted by Crippen LogP contribution is -2.48. The third-order valence-electron chi connectivity index (χ3n) is 8.19. The standard InChI is InChI=1S/C26H41N3O2/c1-2-3-4-11-28(25(30)27-10-5-6-21-7-12-29(31)13-8-21)14-9-26-18-22-15-23(19-26)17-24(16-22)20-26/h7-8,12-13,22-24H,2-6,9-11,14-20H2,1H3,(H,27,30). The predicted octanol–water partition coefficient (Wildman–Crippen LogP) is 5.06. The third kappa shape index (κ3) is 5.93. The molecule has 0 saturated heterocycles. The van der Waals surface area contributed by atoms with Crippen LogP contribution in [-0.2, 0) is 6.42 Å². The van der Waals surface area contributed by atoms with E-state index in [0.29, 0.717) is 12.0 Å². The summed E-state index contributed by atoms with van der Waals surface area (Å²) in [5, 5.41) is 14.3. The number of rotatable bonds is 11. The first-order valence-electron chi connectivity index (χ1n) is 12.8. The number of aryl methyl sites for hydroxylation is 1. The van der Waals surface area contributed by atoms with Crippen LogP contribution in [0.4, 0.5) is 4.79 Å². The van der Waals surface area contributed by atoms with Gasteiger partial charge in [0.15, 0.2) is 12.4 Å². The molecule has 1 aromatic heterocycles. The first-order valence-corrected chi connectivity index (χ1v) is 12.8. The number of aromatic nitrogens is 1. The smallest absolute Gasteiger partial charge is 0.317 e. The summed E-state index contributed by atoms with van der Waals surface area (Å²) in [6.07, 6.45) is 18.2. The van der Waals surface area contributed by atoms with E-state index in [1.165, 1.54) is 70.2 Å². The summed E-state index contributed by atoms with van der Waals surface area (Å²) in [5.41, 5.74) is 1.67. The quantitative estimate of drug-likeness (QED) is 0.305. The average molecular weight is 428 g/mol. The van der Waals surface area contributed by atoms with Crippen molar-refractivity contribution in [2.24, 2.45) is 23.2 Å². The van der Waals surface area contributed by atoms with Crippen LogP contribution in [0.1, 0.15) is 83.1 Å². The van der Waals surface area contributed by atoms with Crippen molar-refractivity contribution >= 4 is 6.03 Å². The summed E-state index contributed by atoms with van der Waals surface area (Å²) in [4.78, 5) is 15.1. The van der Waals surface area contributed by atoms with Crippen LogP contribution in [0.15, 0.2) is 24.5 Å². The molecule has 2 amide bonds. The molecule has 4 aliphatic carbocycles. The molecule has 5 nitrogen and oxygen atoms in total. The van der Waals surface area contributed by atoms with Gasteiger partial charge in [0.1, 0.15) is 0 Å². The molecule has 0 atom stereocenters. The summed E-state index contributed by atoms with van der Waals surface area (Å²) in [5.74, 6) is 2.92. The van der Waals surface area contributed by atoms with E-state index in [1.54, 1.807) is 0 Å². The molecule has 4 fully saturated rings. The van der Waals surface area contributed by atoms with Crippen molar-refractivity contribution in [3.05, 3.63) is 35.3 Å². The molecule has 4 bridgehead atoms. The number of pyridine rings is 1. The zero-order valence-electron chi connectivity index (χ0n) is 19.4. The lowest BCUT2D eigenvalue weighted by Gasteiger charge is -2.57. The van der Waals surface area contributed by atoms with Gasteiger partial charge in [0.05, 0.1) is 0 Å². The number of nitrogens with one attached hydrogen (secondary N) is 1. The normalized spacial score (nSPS) is 28.6. The molecule has 0 aromatic carbocycles. The molecule has 1 aromatic rings. The molecule has 0 aliphatic heterocycles. The summed E-state index contributed by atoms with van der Waals surface area (Å²) in [6, 6.07) is 3.83. The van der Waals surface area contributed by atoms with Crippen LogP contribution in [-0.4, -0.2) is 30.6 Å². The Balaban J connectivity index is 1.25. The monoisotopic (exact) mass is 427 g/mol. The molecule has 172 valence electrons. The van der Waals surface area contributed by atoms with Gasteiger partial charge in [0.25, 0.3) is 0 Å². The van der Waals surface area contributed by atoms with E-state index >= 15 is 0 Å². The first-order chi connectivity index (χ1) is 15.0. The summed E-state index contributed by atoms with van der Waals surface area (Å²) in [6.45, 7) is 4.71. The van der Waals surface area contributed by atoms with Gasteiger partial charge < -0.3 is 15.4 Å². The van der Waals surface area contributed by atoms with Crippen molar-refractivity contribution in [3.63, 3.8) is 0 Å². The fraction of sp³-hybridized carbons (Fsp3) is 0.769. The Bertz CT molecular complexity index is 683. The minimum atomic E-state index is 0.117. The highest BCUT2D eigenvalue weighted by Gasteiger charge is 2.50. The van der Waals surface area contributed by atoms with Gasteiger partial charge in [-0.1, -0.05) is 19.8 Å². The van der Waals surface area contributed by atoms with Crippen LogP contribution in [0.3, 0.4) is 0 Å². The predicted molar refractivity (Wildman–Crippen MR) is 123 cm³/mol. The second-order valence-electron chi connectivity index (χ2n) is 10.8. The van der Waals surface area contributed by atoms with Crippen molar-refractivity contribution in [3.8, 4) is 0 Å². The molecule has 4 saturated carbocycles. The number of amides is 2. The van der Waals surface area contributed by atoms with Gasteiger partial charge in [0, 0.05) is 31.8 Å². The van der Waals surface area contributed by atoms with Crippen molar-refractivity contribution in [2.75, 3.05) is 19.6 Å². The van der Waals surface area contributed by atoms with E-state index in [-0.39, 0.29) is 6.03 Å². The Hall–Kier alpha value is -1.78. The summed E-state index contributed by atoms with van der Waals surface area (Å²) >= 11 is 0. The molecule has 5 heteroatoms. The molecule has 0 radical (unpaired) electrons. The Morgan fingerprint density at radius 3 is 2.32 bits per heavy atom. The molecule has 5 rings (SSSR count). The zero-order valence-corrected chi connectivity index (χ0v) is 19.4. The molecule has 0 spiro atoms. The van der Waals surface area contributed by atoms with Crippen LogP contribution in [0, 0.1) is 28.4 Å². The van der Waals surface area contributed by atoms with Crippen molar-refractivity contribution in [1.29, 1.82) is 0 Å². The number of carbonyl (C=O) groups is 1. The Labute approximate surface area is 188 Å². The average Bonchev–Trinajstić information content (AvgIpc) is 2.74. The van der Waals surface area contributed by atoms with Crippen LogP contribution in [0.25, 0.3) is 0 Å². The van der Waals surface area contributed by atoms with Gasteiger partial charge in [-0.3, -0.25) is 0 Å². The van der Waals surface area contributed by atoms with Gasteiger partial charge in [0.2, 0.25) is 0 Å². The van der Waals surface area contributed by atoms with E-state index in [9.17, 15) is 10.0 Å². The molecule has 0 unspecified atom stereocenters.